The first-order chi connectivity index (χ1) is 7.84. The van der Waals surface area contributed by atoms with E-state index in [0.29, 0.717) is 5.75 Å². The van der Waals surface area contributed by atoms with E-state index in [9.17, 15) is 0 Å². The highest BCUT2D eigenvalue weighted by molar-refractivity contribution is 5.45. The molecule has 1 saturated heterocycles. The number of piperidine rings is 1. The van der Waals surface area contributed by atoms with Crippen molar-refractivity contribution in [2.75, 3.05) is 31.5 Å². The van der Waals surface area contributed by atoms with E-state index in [2.05, 4.69) is 10.2 Å². The van der Waals surface area contributed by atoms with Crippen LogP contribution >= 0.6 is 0 Å². The Kier molecular flexibility index (Phi) is 4.05. The average Bonchev–Trinajstić information content (AvgIpc) is 2.33. The van der Waals surface area contributed by atoms with E-state index in [1.807, 2.05) is 12.1 Å². The average molecular weight is 220 g/mol. The van der Waals surface area contributed by atoms with Crippen LogP contribution in [0.2, 0.25) is 0 Å². The molecule has 2 N–H and O–H groups in total. The highest BCUT2D eigenvalue weighted by atomic mass is 16.3. The van der Waals surface area contributed by atoms with Crippen molar-refractivity contribution in [1.29, 1.82) is 0 Å². The molecule has 16 heavy (non-hydrogen) atoms. The number of phenolic OH excluding ortho intramolecular Hbond substituents is 1. The summed E-state index contributed by atoms with van der Waals surface area (Å²) >= 11 is 0. The zero-order valence-corrected chi connectivity index (χ0v) is 9.65. The Hall–Kier alpha value is -1.22. The first-order valence-electron chi connectivity index (χ1n) is 6.10. The van der Waals surface area contributed by atoms with Gasteiger partial charge in [0.2, 0.25) is 0 Å². The molecular formula is C13H20N2O. The zero-order valence-electron chi connectivity index (χ0n) is 9.65. The Balaban J connectivity index is 1.69. The molecule has 0 amide bonds. The molecule has 3 heteroatoms. The van der Waals surface area contributed by atoms with Gasteiger partial charge in [0.25, 0.3) is 0 Å². The fourth-order valence-electron chi connectivity index (χ4n) is 2.12. The number of anilines is 1. The molecule has 0 aliphatic carbocycles. The molecule has 1 aromatic carbocycles. The van der Waals surface area contributed by atoms with Gasteiger partial charge in [-0.25, -0.2) is 0 Å². The van der Waals surface area contributed by atoms with Gasteiger partial charge in [0, 0.05) is 18.8 Å². The SMILES string of the molecule is Oc1ccc(NCCN2CCCCC2)cc1. The second-order valence-corrected chi connectivity index (χ2v) is 4.38. The Labute approximate surface area is 97.1 Å². The quantitative estimate of drug-likeness (QED) is 0.764. The van der Waals surface area contributed by atoms with Gasteiger partial charge in [-0.2, -0.15) is 0 Å². The molecule has 0 spiro atoms. The van der Waals surface area contributed by atoms with E-state index in [-0.39, 0.29) is 0 Å². The monoisotopic (exact) mass is 220 g/mol. The van der Waals surface area contributed by atoms with Crippen LogP contribution in [0.15, 0.2) is 24.3 Å². The Morgan fingerprint density at radius 1 is 1.06 bits per heavy atom. The summed E-state index contributed by atoms with van der Waals surface area (Å²) in [4.78, 5) is 2.51. The van der Waals surface area contributed by atoms with Gasteiger partial charge in [-0.3, -0.25) is 0 Å². The molecule has 1 heterocycles. The van der Waals surface area contributed by atoms with E-state index in [0.717, 1.165) is 18.8 Å². The Morgan fingerprint density at radius 2 is 1.75 bits per heavy atom. The van der Waals surface area contributed by atoms with Crippen LogP contribution in [-0.4, -0.2) is 36.2 Å². The van der Waals surface area contributed by atoms with Gasteiger partial charge in [-0.1, -0.05) is 6.42 Å². The van der Waals surface area contributed by atoms with Crippen molar-refractivity contribution in [3.63, 3.8) is 0 Å². The van der Waals surface area contributed by atoms with Gasteiger partial charge in [0.1, 0.15) is 5.75 Å². The van der Waals surface area contributed by atoms with Crippen LogP contribution in [-0.2, 0) is 0 Å². The zero-order chi connectivity index (χ0) is 11.2. The van der Waals surface area contributed by atoms with Crippen molar-refractivity contribution in [2.24, 2.45) is 0 Å². The molecule has 0 saturated carbocycles. The second kappa shape index (κ2) is 5.75. The van der Waals surface area contributed by atoms with Gasteiger partial charge >= 0.3 is 0 Å². The first kappa shape index (κ1) is 11.3. The lowest BCUT2D eigenvalue weighted by molar-refractivity contribution is 0.237. The van der Waals surface area contributed by atoms with E-state index < -0.39 is 0 Å². The number of likely N-dealkylation sites (tertiary alicyclic amines) is 1. The molecule has 0 atom stereocenters. The van der Waals surface area contributed by atoms with E-state index >= 15 is 0 Å². The fraction of sp³-hybridized carbons (Fsp3) is 0.538. The van der Waals surface area contributed by atoms with Gasteiger partial charge < -0.3 is 15.3 Å². The lowest BCUT2D eigenvalue weighted by Crippen LogP contribution is -2.33. The van der Waals surface area contributed by atoms with Gasteiger partial charge in [-0.15, -0.1) is 0 Å². The number of nitrogens with zero attached hydrogens (tertiary/aromatic N) is 1. The summed E-state index contributed by atoms with van der Waals surface area (Å²) in [5.41, 5.74) is 1.08. The number of phenols is 1. The summed E-state index contributed by atoms with van der Waals surface area (Å²) in [6.45, 7) is 4.58. The maximum atomic E-state index is 9.15. The molecule has 0 unspecified atom stereocenters. The second-order valence-electron chi connectivity index (χ2n) is 4.38. The van der Waals surface area contributed by atoms with Crippen LogP contribution in [0.25, 0.3) is 0 Å². The predicted molar refractivity (Wildman–Crippen MR) is 66.9 cm³/mol. The number of nitrogens with one attached hydrogen (secondary N) is 1. The van der Waals surface area contributed by atoms with Crippen LogP contribution in [0.3, 0.4) is 0 Å². The third-order valence-corrected chi connectivity index (χ3v) is 3.07. The number of rotatable bonds is 4. The Morgan fingerprint density at radius 3 is 2.44 bits per heavy atom. The standard InChI is InChI=1S/C13H20N2O/c16-13-6-4-12(5-7-13)14-8-11-15-9-2-1-3-10-15/h4-7,14,16H,1-3,8-11H2. The van der Waals surface area contributed by atoms with Crippen molar-refractivity contribution < 1.29 is 5.11 Å². The van der Waals surface area contributed by atoms with Crippen molar-refractivity contribution in [2.45, 2.75) is 19.3 Å². The summed E-state index contributed by atoms with van der Waals surface area (Å²) in [6.07, 6.45) is 4.08. The van der Waals surface area contributed by atoms with E-state index in [1.165, 1.54) is 32.4 Å². The van der Waals surface area contributed by atoms with Gasteiger partial charge in [-0.05, 0) is 50.2 Å². The molecule has 1 fully saturated rings. The molecule has 0 bridgehead atoms. The number of aromatic hydroxyl groups is 1. The predicted octanol–water partition coefficient (Wildman–Crippen LogP) is 2.29. The molecule has 1 aliphatic rings. The third kappa shape index (κ3) is 3.42. The van der Waals surface area contributed by atoms with Crippen molar-refractivity contribution in [3.8, 4) is 5.75 Å². The molecular weight excluding hydrogens is 200 g/mol. The minimum atomic E-state index is 0.321. The fourth-order valence-corrected chi connectivity index (χ4v) is 2.12. The molecule has 1 aromatic rings. The largest absolute Gasteiger partial charge is 0.508 e. The van der Waals surface area contributed by atoms with Crippen molar-refractivity contribution in [3.05, 3.63) is 24.3 Å². The molecule has 3 nitrogen and oxygen atoms in total. The maximum absolute atomic E-state index is 9.15. The minimum absolute atomic E-state index is 0.321. The Bertz CT molecular complexity index is 304. The summed E-state index contributed by atoms with van der Waals surface area (Å²) in [5, 5.41) is 12.5. The first-order valence-corrected chi connectivity index (χ1v) is 6.10. The highest BCUT2D eigenvalue weighted by Gasteiger charge is 2.08. The van der Waals surface area contributed by atoms with Gasteiger partial charge in [0.15, 0.2) is 0 Å². The van der Waals surface area contributed by atoms with Crippen LogP contribution in [0.4, 0.5) is 5.69 Å². The third-order valence-electron chi connectivity index (χ3n) is 3.07. The van der Waals surface area contributed by atoms with Crippen molar-refractivity contribution in [1.82, 2.24) is 4.90 Å². The summed E-state index contributed by atoms with van der Waals surface area (Å²) in [7, 11) is 0. The van der Waals surface area contributed by atoms with E-state index in [1.54, 1.807) is 12.1 Å². The van der Waals surface area contributed by atoms with Crippen LogP contribution in [0.1, 0.15) is 19.3 Å². The molecule has 0 radical (unpaired) electrons. The van der Waals surface area contributed by atoms with Gasteiger partial charge in [0.05, 0.1) is 0 Å². The normalized spacial score (nSPS) is 17.2. The van der Waals surface area contributed by atoms with Crippen LogP contribution < -0.4 is 5.32 Å². The maximum Gasteiger partial charge on any atom is 0.115 e. The molecule has 2 rings (SSSR count). The van der Waals surface area contributed by atoms with Crippen LogP contribution in [0.5, 0.6) is 5.75 Å². The number of hydrogen-bond donors (Lipinski definition) is 2. The summed E-state index contributed by atoms with van der Waals surface area (Å²) < 4.78 is 0. The number of benzene rings is 1. The topological polar surface area (TPSA) is 35.5 Å². The molecule has 0 aromatic heterocycles. The molecule has 1 aliphatic heterocycles. The van der Waals surface area contributed by atoms with E-state index in [4.69, 9.17) is 5.11 Å². The summed E-state index contributed by atoms with van der Waals surface area (Å²) in [6, 6.07) is 7.24. The lowest BCUT2D eigenvalue weighted by atomic mass is 10.1. The van der Waals surface area contributed by atoms with Crippen molar-refractivity contribution >= 4 is 5.69 Å². The lowest BCUT2D eigenvalue weighted by Gasteiger charge is -2.26. The smallest absolute Gasteiger partial charge is 0.115 e. The van der Waals surface area contributed by atoms with Crippen LogP contribution in [0, 0.1) is 0 Å². The summed E-state index contributed by atoms with van der Waals surface area (Å²) in [5.74, 6) is 0.321. The highest BCUT2D eigenvalue weighted by Crippen LogP contribution is 2.13. The number of hydrogen-bond acceptors (Lipinski definition) is 3. The minimum Gasteiger partial charge on any atom is -0.508 e. The molecule has 88 valence electrons.